The predicted molar refractivity (Wildman–Crippen MR) is 95.2 cm³/mol. The van der Waals surface area contributed by atoms with Crippen molar-refractivity contribution in [2.24, 2.45) is 0 Å². The number of hydrogen-bond donors (Lipinski definition) is 4. The van der Waals surface area contributed by atoms with Crippen LogP contribution in [0.2, 0.25) is 0 Å². The Morgan fingerprint density at radius 3 is 1.22 bits per heavy atom. The van der Waals surface area contributed by atoms with Gasteiger partial charge in [-0.1, -0.05) is 77.6 Å². The molecular formula is C19H40O4. The number of rotatable bonds is 17. The SMILES string of the molecule is CCCCCCCCC(O)C(O)CCCCCCCCC(O)O. The first-order valence-electron chi connectivity index (χ1n) is 9.80. The Morgan fingerprint density at radius 1 is 0.478 bits per heavy atom. The van der Waals surface area contributed by atoms with Gasteiger partial charge < -0.3 is 20.4 Å². The summed E-state index contributed by atoms with van der Waals surface area (Å²) < 4.78 is 0. The van der Waals surface area contributed by atoms with Crippen molar-refractivity contribution >= 4 is 0 Å². The van der Waals surface area contributed by atoms with Crippen molar-refractivity contribution in [2.45, 2.75) is 122 Å². The van der Waals surface area contributed by atoms with Gasteiger partial charge in [0.15, 0.2) is 6.29 Å². The van der Waals surface area contributed by atoms with Crippen molar-refractivity contribution in [1.82, 2.24) is 0 Å². The van der Waals surface area contributed by atoms with Crippen LogP contribution in [-0.2, 0) is 0 Å². The molecule has 0 aromatic carbocycles. The Morgan fingerprint density at radius 2 is 0.826 bits per heavy atom. The van der Waals surface area contributed by atoms with Crippen molar-refractivity contribution in [2.75, 3.05) is 0 Å². The number of hydrogen-bond acceptors (Lipinski definition) is 4. The van der Waals surface area contributed by atoms with E-state index in [4.69, 9.17) is 10.2 Å². The number of aliphatic hydroxyl groups excluding tert-OH is 3. The first-order chi connectivity index (χ1) is 11.1. The lowest BCUT2D eigenvalue weighted by molar-refractivity contribution is -0.0466. The topological polar surface area (TPSA) is 80.9 Å². The van der Waals surface area contributed by atoms with E-state index in [0.717, 1.165) is 57.8 Å². The van der Waals surface area contributed by atoms with Crippen molar-refractivity contribution in [3.05, 3.63) is 0 Å². The minimum absolute atomic E-state index is 0.462. The predicted octanol–water partition coefficient (Wildman–Crippen LogP) is 3.89. The van der Waals surface area contributed by atoms with E-state index < -0.39 is 18.5 Å². The van der Waals surface area contributed by atoms with Gasteiger partial charge in [0.2, 0.25) is 0 Å². The number of aliphatic hydroxyl groups is 4. The molecule has 0 radical (unpaired) electrons. The van der Waals surface area contributed by atoms with Crippen LogP contribution >= 0.6 is 0 Å². The summed E-state index contributed by atoms with van der Waals surface area (Å²) in [6.07, 6.45) is 12.9. The quantitative estimate of drug-likeness (QED) is 0.241. The van der Waals surface area contributed by atoms with Gasteiger partial charge in [-0.15, -0.1) is 0 Å². The average Bonchev–Trinajstić information content (AvgIpc) is 2.52. The molecule has 4 nitrogen and oxygen atoms in total. The van der Waals surface area contributed by atoms with Gasteiger partial charge in [0.25, 0.3) is 0 Å². The lowest BCUT2D eigenvalue weighted by atomic mass is 9.99. The third-order valence-electron chi connectivity index (χ3n) is 4.51. The highest BCUT2D eigenvalue weighted by Gasteiger charge is 2.15. The summed E-state index contributed by atoms with van der Waals surface area (Å²) in [7, 11) is 0. The van der Waals surface area contributed by atoms with Crippen molar-refractivity contribution in [3.8, 4) is 0 Å². The average molecular weight is 333 g/mol. The maximum atomic E-state index is 9.95. The van der Waals surface area contributed by atoms with Gasteiger partial charge in [0, 0.05) is 0 Å². The van der Waals surface area contributed by atoms with Gasteiger partial charge in [-0.3, -0.25) is 0 Å². The summed E-state index contributed by atoms with van der Waals surface area (Å²) in [6, 6.07) is 0. The molecule has 0 saturated carbocycles. The largest absolute Gasteiger partial charge is 0.390 e. The maximum absolute atomic E-state index is 9.95. The molecule has 2 unspecified atom stereocenters. The van der Waals surface area contributed by atoms with E-state index >= 15 is 0 Å². The Balaban J connectivity index is 3.35. The highest BCUT2D eigenvalue weighted by atomic mass is 16.5. The minimum Gasteiger partial charge on any atom is -0.390 e. The van der Waals surface area contributed by atoms with Crippen LogP contribution in [0.1, 0.15) is 103 Å². The molecule has 140 valence electrons. The second kappa shape index (κ2) is 16.7. The van der Waals surface area contributed by atoms with Crippen LogP contribution in [0.15, 0.2) is 0 Å². The molecule has 23 heavy (non-hydrogen) atoms. The normalized spacial score (nSPS) is 14.3. The molecule has 0 aromatic rings. The van der Waals surface area contributed by atoms with Crippen molar-refractivity contribution < 1.29 is 20.4 Å². The molecule has 0 aliphatic carbocycles. The molecule has 0 aliphatic rings. The molecule has 0 spiro atoms. The van der Waals surface area contributed by atoms with Crippen LogP contribution in [0.5, 0.6) is 0 Å². The third-order valence-corrected chi connectivity index (χ3v) is 4.51. The zero-order chi connectivity index (χ0) is 17.3. The molecule has 0 fully saturated rings. The summed E-state index contributed by atoms with van der Waals surface area (Å²) in [5.74, 6) is 0. The van der Waals surface area contributed by atoms with E-state index in [1.54, 1.807) is 0 Å². The third kappa shape index (κ3) is 16.5. The second-order valence-electron chi connectivity index (χ2n) is 6.87. The molecule has 0 amide bonds. The first-order valence-corrected chi connectivity index (χ1v) is 9.80. The summed E-state index contributed by atoms with van der Waals surface area (Å²) >= 11 is 0. The van der Waals surface area contributed by atoms with Crippen LogP contribution in [-0.4, -0.2) is 38.9 Å². The monoisotopic (exact) mass is 332 g/mol. The summed E-state index contributed by atoms with van der Waals surface area (Å²) in [5, 5.41) is 37.4. The molecule has 4 N–H and O–H groups in total. The van der Waals surface area contributed by atoms with E-state index in [1.807, 2.05) is 0 Å². The van der Waals surface area contributed by atoms with Crippen LogP contribution in [0, 0.1) is 0 Å². The van der Waals surface area contributed by atoms with Crippen LogP contribution in [0.3, 0.4) is 0 Å². The van der Waals surface area contributed by atoms with Gasteiger partial charge >= 0.3 is 0 Å². The zero-order valence-electron chi connectivity index (χ0n) is 15.1. The summed E-state index contributed by atoms with van der Waals surface area (Å²) in [4.78, 5) is 0. The number of unbranched alkanes of at least 4 members (excludes halogenated alkanes) is 10. The smallest absolute Gasteiger partial charge is 0.151 e. The van der Waals surface area contributed by atoms with Gasteiger partial charge in [-0.05, 0) is 25.7 Å². The Labute approximate surface area is 142 Å². The van der Waals surface area contributed by atoms with E-state index in [0.29, 0.717) is 12.8 Å². The van der Waals surface area contributed by atoms with Crippen molar-refractivity contribution in [3.63, 3.8) is 0 Å². The molecule has 0 saturated heterocycles. The first kappa shape index (κ1) is 22.8. The highest BCUT2D eigenvalue weighted by molar-refractivity contribution is 4.67. The molecule has 2 atom stereocenters. The minimum atomic E-state index is -1.17. The highest BCUT2D eigenvalue weighted by Crippen LogP contribution is 2.15. The van der Waals surface area contributed by atoms with Gasteiger partial charge in [0.05, 0.1) is 12.2 Å². The molecule has 0 heterocycles. The molecular weight excluding hydrogens is 292 g/mol. The fraction of sp³-hybridized carbons (Fsp3) is 1.00. The van der Waals surface area contributed by atoms with Crippen molar-refractivity contribution in [1.29, 1.82) is 0 Å². The van der Waals surface area contributed by atoms with Crippen LogP contribution in [0.25, 0.3) is 0 Å². The fourth-order valence-corrected chi connectivity index (χ4v) is 2.91. The Hall–Kier alpha value is -0.160. The maximum Gasteiger partial charge on any atom is 0.151 e. The Bertz CT molecular complexity index is 233. The molecule has 0 rings (SSSR count). The van der Waals surface area contributed by atoms with E-state index in [2.05, 4.69) is 6.92 Å². The van der Waals surface area contributed by atoms with E-state index in [9.17, 15) is 10.2 Å². The molecule has 0 aromatic heterocycles. The fourth-order valence-electron chi connectivity index (χ4n) is 2.91. The summed E-state index contributed by atoms with van der Waals surface area (Å²) in [6.45, 7) is 2.21. The lowest BCUT2D eigenvalue weighted by Crippen LogP contribution is -2.25. The van der Waals surface area contributed by atoms with E-state index in [1.165, 1.54) is 25.7 Å². The lowest BCUT2D eigenvalue weighted by Gasteiger charge is -2.17. The zero-order valence-corrected chi connectivity index (χ0v) is 15.1. The van der Waals surface area contributed by atoms with E-state index in [-0.39, 0.29) is 0 Å². The standard InChI is InChI=1S/C19H40O4/c1-2-3-4-5-8-11-14-17(20)18(21)15-12-9-6-7-10-13-16-19(22)23/h17-23H,2-16H2,1H3. The van der Waals surface area contributed by atoms with Gasteiger partial charge in [-0.2, -0.15) is 0 Å². The summed E-state index contributed by atoms with van der Waals surface area (Å²) in [5.41, 5.74) is 0. The second-order valence-corrected chi connectivity index (χ2v) is 6.87. The molecule has 0 bridgehead atoms. The molecule has 0 aliphatic heterocycles. The van der Waals surface area contributed by atoms with Gasteiger partial charge in [-0.25, -0.2) is 0 Å². The molecule has 4 heteroatoms. The van der Waals surface area contributed by atoms with Crippen LogP contribution in [0.4, 0.5) is 0 Å². The van der Waals surface area contributed by atoms with Crippen LogP contribution < -0.4 is 0 Å². The van der Waals surface area contributed by atoms with Gasteiger partial charge in [0.1, 0.15) is 0 Å². The Kier molecular flexibility index (Phi) is 16.6.